The van der Waals surface area contributed by atoms with Crippen molar-refractivity contribution < 1.29 is 54.9 Å². The average Bonchev–Trinajstić information content (AvgIpc) is 3.47. The Bertz CT molecular complexity index is 901. The molecule has 5 rings (SSSR count). The van der Waals surface area contributed by atoms with Crippen molar-refractivity contribution >= 4 is 17.9 Å². The summed E-state index contributed by atoms with van der Waals surface area (Å²) in [7, 11) is 0. The highest BCUT2D eigenvalue weighted by Gasteiger charge is 2.76. The summed E-state index contributed by atoms with van der Waals surface area (Å²) in [4.78, 5) is 38.1. The molecule has 34 heavy (non-hydrogen) atoms. The van der Waals surface area contributed by atoms with Crippen molar-refractivity contribution in [3.05, 3.63) is 0 Å². The number of hydrogen-bond donors (Lipinski definition) is 0. The van der Waals surface area contributed by atoms with E-state index >= 15 is 0 Å². The maximum atomic E-state index is 13.0. The Morgan fingerprint density at radius 3 is 2.21 bits per heavy atom. The Morgan fingerprint density at radius 1 is 1.00 bits per heavy atom. The van der Waals surface area contributed by atoms with Crippen LogP contribution in [0.3, 0.4) is 0 Å². The van der Waals surface area contributed by atoms with E-state index < -0.39 is 65.8 Å². The fourth-order valence-corrected chi connectivity index (χ4v) is 7.40. The summed E-state index contributed by atoms with van der Waals surface area (Å²) in [5.74, 6) is -3.94. The van der Waals surface area contributed by atoms with Gasteiger partial charge in [0.05, 0.1) is 5.92 Å². The van der Waals surface area contributed by atoms with E-state index in [0.717, 1.165) is 6.42 Å². The molecule has 0 aromatic carbocycles. The van der Waals surface area contributed by atoms with Crippen LogP contribution in [0.5, 0.6) is 0 Å². The van der Waals surface area contributed by atoms with Crippen LogP contribution in [0.1, 0.15) is 39.5 Å². The predicted octanol–water partition coefficient (Wildman–Crippen LogP) is 3.81. The summed E-state index contributed by atoms with van der Waals surface area (Å²) in [6.07, 6.45) is -16.7. The molecular weight excluding hydrogens is 474 g/mol. The minimum absolute atomic E-state index is 0.107. The van der Waals surface area contributed by atoms with Crippen molar-refractivity contribution in [3.8, 4) is 0 Å². The second-order valence-electron chi connectivity index (χ2n) is 10.6. The fourth-order valence-electron chi connectivity index (χ4n) is 7.40. The van der Waals surface area contributed by atoms with Gasteiger partial charge < -0.3 is 14.2 Å². The molecule has 0 aromatic rings. The summed E-state index contributed by atoms with van der Waals surface area (Å²) >= 11 is 0. The zero-order chi connectivity index (χ0) is 25.0. The van der Waals surface area contributed by atoms with Gasteiger partial charge in [-0.05, 0) is 49.4 Å². The maximum absolute atomic E-state index is 13.0. The number of carbonyl (C=O) groups is 3. The van der Waals surface area contributed by atoms with Crippen LogP contribution in [-0.4, -0.2) is 48.6 Å². The van der Waals surface area contributed by atoms with Gasteiger partial charge in [-0.15, -0.1) is 0 Å². The van der Waals surface area contributed by atoms with E-state index in [1.54, 1.807) is 0 Å². The number of hydrogen-bond acceptors (Lipinski definition) is 6. The van der Waals surface area contributed by atoms with Crippen molar-refractivity contribution in [1.82, 2.24) is 0 Å². The summed E-state index contributed by atoms with van der Waals surface area (Å²) in [5, 5.41) is 0. The first-order chi connectivity index (χ1) is 15.7. The van der Waals surface area contributed by atoms with E-state index in [0.29, 0.717) is 24.2 Å². The highest BCUT2D eigenvalue weighted by Crippen LogP contribution is 2.64. The van der Waals surface area contributed by atoms with E-state index in [2.05, 4.69) is 18.6 Å². The maximum Gasteiger partial charge on any atom is 0.434 e. The normalized spacial score (nSPS) is 44.6. The van der Waals surface area contributed by atoms with Crippen LogP contribution in [-0.2, 0) is 28.6 Å². The van der Waals surface area contributed by atoms with Gasteiger partial charge in [-0.25, -0.2) is 0 Å². The van der Waals surface area contributed by atoms with Gasteiger partial charge in [0.1, 0.15) is 12.2 Å². The molecule has 1 aliphatic heterocycles. The van der Waals surface area contributed by atoms with Crippen molar-refractivity contribution in [1.29, 1.82) is 0 Å². The Morgan fingerprint density at radius 2 is 1.65 bits per heavy atom. The Balaban J connectivity index is 1.30. The molecule has 10 unspecified atom stereocenters. The van der Waals surface area contributed by atoms with E-state index in [1.807, 2.05) is 0 Å². The molecule has 0 spiro atoms. The number of rotatable bonds is 4. The van der Waals surface area contributed by atoms with E-state index in [9.17, 15) is 40.7 Å². The molecule has 4 aliphatic carbocycles. The van der Waals surface area contributed by atoms with Crippen LogP contribution in [0.4, 0.5) is 26.3 Å². The third-order valence-electron chi connectivity index (χ3n) is 9.20. The molecule has 1 saturated heterocycles. The third kappa shape index (κ3) is 3.18. The van der Waals surface area contributed by atoms with E-state index in [4.69, 9.17) is 9.47 Å². The lowest BCUT2D eigenvalue weighted by Gasteiger charge is -2.34. The number of esters is 3. The quantitative estimate of drug-likeness (QED) is 0.254. The van der Waals surface area contributed by atoms with Gasteiger partial charge >= 0.3 is 30.3 Å². The Labute approximate surface area is 190 Å². The zero-order valence-electron chi connectivity index (χ0n) is 18.3. The van der Waals surface area contributed by atoms with Crippen molar-refractivity contribution in [2.45, 2.75) is 70.2 Å². The van der Waals surface area contributed by atoms with Crippen LogP contribution in [0.25, 0.3) is 0 Å². The lowest BCUT2D eigenvalue weighted by atomic mass is 9.73. The van der Waals surface area contributed by atoms with Gasteiger partial charge in [-0.3, -0.25) is 14.4 Å². The highest BCUT2D eigenvalue weighted by atomic mass is 19.4. The predicted molar refractivity (Wildman–Crippen MR) is 98.4 cm³/mol. The van der Waals surface area contributed by atoms with Crippen molar-refractivity contribution in [2.75, 3.05) is 0 Å². The third-order valence-corrected chi connectivity index (χ3v) is 9.20. The molecule has 1 heterocycles. The first-order valence-electron chi connectivity index (χ1n) is 11.4. The molecule has 190 valence electrons. The molecule has 0 N–H and O–H groups in total. The van der Waals surface area contributed by atoms with Gasteiger partial charge in [-0.1, -0.05) is 13.8 Å². The zero-order valence-corrected chi connectivity index (χ0v) is 18.3. The number of alkyl halides is 6. The van der Waals surface area contributed by atoms with Crippen molar-refractivity contribution in [3.63, 3.8) is 0 Å². The van der Waals surface area contributed by atoms with Gasteiger partial charge in [0.25, 0.3) is 6.10 Å². The standard InChI is InChI=1S/C22H24F6O6/c1-7-8(2)11-3-9(7)4-12(11)16(29)32-14-10-5-13-15(14)33-18(30)20(13,6-10)19(31)34-17(21(23,24)25)22(26,27)28/h7-15,17H,3-6H2,1-2H3. The summed E-state index contributed by atoms with van der Waals surface area (Å²) < 4.78 is 92.1. The highest BCUT2D eigenvalue weighted by molar-refractivity contribution is 6.03. The molecule has 4 bridgehead atoms. The van der Waals surface area contributed by atoms with Gasteiger partial charge in [0.2, 0.25) is 0 Å². The Kier molecular flexibility index (Phi) is 5.06. The molecule has 4 saturated carbocycles. The lowest BCUT2D eigenvalue weighted by Crippen LogP contribution is -2.51. The van der Waals surface area contributed by atoms with Crippen LogP contribution in [0.15, 0.2) is 0 Å². The molecule has 5 aliphatic rings. The number of fused-ring (bicyclic) bond motifs is 3. The minimum atomic E-state index is -5.89. The molecule has 10 atom stereocenters. The molecule has 12 heteroatoms. The monoisotopic (exact) mass is 498 g/mol. The fraction of sp³-hybridized carbons (Fsp3) is 0.864. The van der Waals surface area contributed by atoms with Crippen LogP contribution in [0.2, 0.25) is 0 Å². The summed E-state index contributed by atoms with van der Waals surface area (Å²) in [6.45, 7) is 4.26. The summed E-state index contributed by atoms with van der Waals surface area (Å²) in [5.41, 5.74) is -2.25. The van der Waals surface area contributed by atoms with E-state index in [-0.39, 0.29) is 24.7 Å². The topological polar surface area (TPSA) is 78.9 Å². The van der Waals surface area contributed by atoms with Crippen LogP contribution < -0.4 is 0 Å². The smallest absolute Gasteiger partial charge is 0.434 e. The van der Waals surface area contributed by atoms with Crippen LogP contribution >= 0.6 is 0 Å². The molecule has 0 amide bonds. The molecule has 6 nitrogen and oxygen atoms in total. The molecule has 0 radical (unpaired) electrons. The second kappa shape index (κ2) is 7.25. The van der Waals surface area contributed by atoms with Crippen molar-refractivity contribution in [2.24, 2.45) is 46.8 Å². The number of halogens is 6. The molecule has 0 aromatic heterocycles. The van der Waals surface area contributed by atoms with E-state index in [1.165, 1.54) is 0 Å². The van der Waals surface area contributed by atoms with Gasteiger partial charge in [-0.2, -0.15) is 26.3 Å². The SMILES string of the molecule is CC1C2CC(C(=O)OC3C4CC5C3OC(=O)C5(C(=O)OC(C(F)(F)F)C(F)(F)F)C4)C(C2)C1C. The largest absolute Gasteiger partial charge is 0.458 e. The number of ether oxygens (including phenoxy) is 3. The molecule has 5 fully saturated rings. The van der Waals surface area contributed by atoms with Gasteiger partial charge in [0, 0.05) is 11.8 Å². The first-order valence-corrected chi connectivity index (χ1v) is 11.4. The molecular formula is C22H24F6O6. The summed E-state index contributed by atoms with van der Waals surface area (Å²) in [6, 6.07) is 0. The van der Waals surface area contributed by atoms with Gasteiger partial charge in [0.15, 0.2) is 5.41 Å². The average molecular weight is 498 g/mol. The minimum Gasteiger partial charge on any atom is -0.458 e. The lowest BCUT2D eigenvalue weighted by molar-refractivity contribution is -0.315. The first kappa shape index (κ1) is 23.7. The number of carbonyl (C=O) groups excluding carboxylic acids is 3. The second-order valence-corrected chi connectivity index (χ2v) is 10.6. The van der Waals surface area contributed by atoms with Crippen LogP contribution in [0, 0.1) is 46.8 Å². The Hall–Kier alpha value is -2.01.